The van der Waals surface area contributed by atoms with E-state index in [2.05, 4.69) is 5.10 Å². The average molecular weight is 215 g/mol. The monoisotopic (exact) mass is 214 g/mol. The maximum absolute atomic E-state index is 9.84. The lowest BCUT2D eigenvalue weighted by Crippen LogP contribution is -2.28. The zero-order valence-electron chi connectivity index (χ0n) is 8.28. The normalized spacial score (nSPS) is 27.9. The minimum Gasteiger partial charge on any atom is -0.391 e. The molecule has 1 aliphatic rings. The van der Waals surface area contributed by atoms with Crippen LogP contribution in [0.5, 0.6) is 0 Å². The summed E-state index contributed by atoms with van der Waals surface area (Å²) in [5.41, 5.74) is 0.976. The second-order valence-electron chi connectivity index (χ2n) is 3.98. The van der Waals surface area contributed by atoms with E-state index in [0.717, 1.165) is 31.2 Å². The quantitative estimate of drug-likeness (QED) is 0.779. The SMILES string of the molecule is Cc1cnn(C2CCCCC2O)c1Cl. The molecule has 2 unspecified atom stereocenters. The van der Waals surface area contributed by atoms with Crippen LogP contribution in [0.15, 0.2) is 6.20 Å². The molecule has 1 heterocycles. The van der Waals surface area contributed by atoms with Gasteiger partial charge in [-0.25, -0.2) is 4.68 Å². The number of nitrogens with zero attached hydrogens (tertiary/aromatic N) is 2. The van der Waals surface area contributed by atoms with Crippen molar-refractivity contribution in [3.8, 4) is 0 Å². The molecule has 0 aromatic carbocycles. The van der Waals surface area contributed by atoms with Gasteiger partial charge in [0.05, 0.1) is 18.3 Å². The number of rotatable bonds is 1. The van der Waals surface area contributed by atoms with Gasteiger partial charge < -0.3 is 5.11 Å². The lowest BCUT2D eigenvalue weighted by molar-refractivity contribution is 0.0696. The van der Waals surface area contributed by atoms with Gasteiger partial charge in [-0.1, -0.05) is 24.4 Å². The highest BCUT2D eigenvalue weighted by Crippen LogP contribution is 2.31. The Morgan fingerprint density at radius 2 is 2.21 bits per heavy atom. The fourth-order valence-electron chi connectivity index (χ4n) is 2.04. The molecule has 1 aromatic heterocycles. The Balaban J connectivity index is 2.24. The summed E-state index contributed by atoms with van der Waals surface area (Å²) in [5.74, 6) is 0. The third-order valence-corrected chi connectivity index (χ3v) is 3.38. The van der Waals surface area contributed by atoms with Crippen LogP contribution in [0, 0.1) is 6.92 Å². The number of hydrogen-bond donors (Lipinski definition) is 1. The number of aliphatic hydroxyl groups excluding tert-OH is 1. The maximum Gasteiger partial charge on any atom is 0.130 e. The molecule has 2 rings (SSSR count). The molecule has 1 saturated carbocycles. The van der Waals surface area contributed by atoms with Crippen molar-refractivity contribution in [2.75, 3.05) is 0 Å². The molecule has 0 spiro atoms. The Kier molecular flexibility index (Phi) is 2.79. The lowest BCUT2D eigenvalue weighted by Gasteiger charge is -2.28. The largest absolute Gasteiger partial charge is 0.391 e. The highest BCUT2D eigenvalue weighted by Gasteiger charge is 2.26. The summed E-state index contributed by atoms with van der Waals surface area (Å²) in [6.45, 7) is 1.93. The number of halogens is 1. The van der Waals surface area contributed by atoms with E-state index in [-0.39, 0.29) is 12.1 Å². The first-order valence-electron chi connectivity index (χ1n) is 5.08. The van der Waals surface area contributed by atoms with E-state index in [4.69, 9.17) is 11.6 Å². The van der Waals surface area contributed by atoms with Crippen LogP contribution < -0.4 is 0 Å². The molecule has 0 bridgehead atoms. The third-order valence-electron chi connectivity index (χ3n) is 2.91. The van der Waals surface area contributed by atoms with E-state index in [1.54, 1.807) is 10.9 Å². The molecular formula is C10H15ClN2O. The van der Waals surface area contributed by atoms with E-state index in [0.29, 0.717) is 5.15 Å². The van der Waals surface area contributed by atoms with Gasteiger partial charge in [-0.15, -0.1) is 0 Å². The van der Waals surface area contributed by atoms with E-state index in [9.17, 15) is 5.11 Å². The fourth-order valence-corrected chi connectivity index (χ4v) is 2.26. The highest BCUT2D eigenvalue weighted by atomic mass is 35.5. The molecule has 1 aromatic rings. The van der Waals surface area contributed by atoms with E-state index in [1.807, 2.05) is 6.92 Å². The summed E-state index contributed by atoms with van der Waals surface area (Å²) >= 11 is 6.10. The molecule has 1 N–H and O–H groups in total. The first-order chi connectivity index (χ1) is 6.70. The molecule has 1 fully saturated rings. The predicted molar refractivity (Wildman–Crippen MR) is 55.5 cm³/mol. The molecule has 3 nitrogen and oxygen atoms in total. The molecular weight excluding hydrogens is 200 g/mol. The second-order valence-corrected chi connectivity index (χ2v) is 4.34. The minimum absolute atomic E-state index is 0.0740. The maximum atomic E-state index is 9.84. The van der Waals surface area contributed by atoms with Crippen LogP contribution in [0.25, 0.3) is 0 Å². The van der Waals surface area contributed by atoms with Crippen molar-refractivity contribution in [2.24, 2.45) is 0 Å². The first-order valence-corrected chi connectivity index (χ1v) is 5.45. The molecule has 1 aliphatic carbocycles. The van der Waals surface area contributed by atoms with Gasteiger partial charge in [-0.2, -0.15) is 5.10 Å². The standard InChI is InChI=1S/C10H15ClN2O/c1-7-6-12-13(10(7)11)8-4-2-3-5-9(8)14/h6,8-9,14H,2-5H2,1H3. The van der Waals surface area contributed by atoms with Crippen molar-refractivity contribution in [1.29, 1.82) is 0 Å². The van der Waals surface area contributed by atoms with Crippen molar-refractivity contribution in [1.82, 2.24) is 9.78 Å². The predicted octanol–water partition coefficient (Wildman–Crippen LogP) is 2.32. The number of aromatic nitrogens is 2. The summed E-state index contributed by atoms with van der Waals surface area (Å²) < 4.78 is 1.76. The Hall–Kier alpha value is -0.540. The average Bonchev–Trinajstić information content (AvgIpc) is 2.49. The molecule has 0 radical (unpaired) electrons. The van der Waals surface area contributed by atoms with Gasteiger partial charge in [0.1, 0.15) is 5.15 Å². The van der Waals surface area contributed by atoms with Crippen molar-refractivity contribution >= 4 is 11.6 Å². The van der Waals surface area contributed by atoms with E-state index < -0.39 is 0 Å². The van der Waals surface area contributed by atoms with E-state index in [1.165, 1.54) is 0 Å². The first kappa shape index (κ1) is 9.99. The highest BCUT2D eigenvalue weighted by molar-refractivity contribution is 6.30. The topological polar surface area (TPSA) is 38.0 Å². The van der Waals surface area contributed by atoms with Crippen molar-refractivity contribution in [3.63, 3.8) is 0 Å². The molecule has 0 aliphatic heterocycles. The van der Waals surface area contributed by atoms with Crippen molar-refractivity contribution in [2.45, 2.75) is 44.8 Å². The Labute approximate surface area is 88.7 Å². The number of hydrogen-bond acceptors (Lipinski definition) is 2. The Morgan fingerprint density at radius 3 is 2.79 bits per heavy atom. The van der Waals surface area contributed by atoms with Gasteiger partial charge >= 0.3 is 0 Å². The smallest absolute Gasteiger partial charge is 0.130 e. The fraction of sp³-hybridized carbons (Fsp3) is 0.700. The Morgan fingerprint density at radius 1 is 1.50 bits per heavy atom. The van der Waals surface area contributed by atoms with Gasteiger partial charge in [0.25, 0.3) is 0 Å². The van der Waals surface area contributed by atoms with Crippen LogP contribution in [0.3, 0.4) is 0 Å². The van der Waals surface area contributed by atoms with Crippen LogP contribution in [0.2, 0.25) is 5.15 Å². The van der Waals surface area contributed by atoms with Gasteiger partial charge in [-0.05, 0) is 19.8 Å². The molecule has 0 amide bonds. The van der Waals surface area contributed by atoms with Crippen molar-refractivity contribution in [3.05, 3.63) is 16.9 Å². The molecule has 0 saturated heterocycles. The zero-order valence-corrected chi connectivity index (χ0v) is 9.04. The van der Waals surface area contributed by atoms with Crippen LogP contribution in [0.4, 0.5) is 0 Å². The summed E-state index contributed by atoms with van der Waals surface area (Å²) in [6.07, 6.45) is 5.55. The van der Waals surface area contributed by atoms with Gasteiger partial charge in [0, 0.05) is 5.56 Å². The van der Waals surface area contributed by atoms with Crippen LogP contribution in [-0.4, -0.2) is 21.0 Å². The zero-order chi connectivity index (χ0) is 10.1. The second kappa shape index (κ2) is 3.91. The van der Waals surface area contributed by atoms with E-state index >= 15 is 0 Å². The summed E-state index contributed by atoms with van der Waals surface area (Å²) in [5, 5.41) is 14.7. The summed E-state index contributed by atoms with van der Waals surface area (Å²) in [7, 11) is 0. The third kappa shape index (κ3) is 1.66. The van der Waals surface area contributed by atoms with Gasteiger partial charge in [0.2, 0.25) is 0 Å². The lowest BCUT2D eigenvalue weighted by atomic mass is 9.93. The molecule has 2 atom stereocenters. The van der Waals surface area contributed by atoms with Crippen LogP contribution >= 0.6 is 11.6 Å². The molecule has 4 heteroatoms. The Bertz CT molecular complexity index is 324. The van der Waals surface area contributed by atoms with Gasteiger partial charge in [0.15, 0.2) is 0 Å². The molecule has 14 heavy (non-hydrogen) atoms. The van der Waals surface area contributed by atoms with Crippen LogP contribution in [0.1, 0.15) is 37.3 Å². The number of aryl methyl sites for hydroxylation is 1. The number of aliphatic hydroxyl groups is 1. The van der Waals surface area contributed by atoms with Crippen LogP contribution in [-0.2, 0) is 0 Å². The minimum atomic E-state index is -0.291. The van der Waals surface area contributed by atoms with Crippen molar-refractivity contribution < 1.29 is 5.11 Å². The summed E-state index contributed by atoms with van der Waals surface area (Å²) in [6, 6.07) is 0.0740. The van der Waals surface area contributed by atoms with Gasteiger partial charge in [-0.3, -0.25) is 0 Å². The summed E-state index contributed by atoms with van der Waals surface area (Å²) in [4.78, 5) is 0. The molecule has 78 valence electrons.